The van der Waals surface area contributed by atoms with Crippen molar-refractivity contribution in [3.8, 4) is 11.8 Å². The molecule has 1 aliphatic heterocycles. The largest absolute Gasteiger partial charge is 0.306 e. The van der Waals surface area contributed by atoms with E-state index in [2.05, 4.69) is 52.5 Å². The number of anilines is 1. The van der Waals surface area contributed by atoms with Crippen molar-refractivity contribution in [1.82, 2.24) is 0 Å². The maximum absolute atomic E-state index is 13.5. The number of rotatable bonds is 2. The minimum absolute atomic E-state index is 0.0670. The van der Waals surface area contributed by atoms with Crippen LogP contribution in [-0.2, 0) is 11.3 Å². The zero-order valence-electron chi connectivity index (χ0n) is 16.3. The van der Waals surface area contributed by atoms with E-state index in [0.717, 1.165) is 22.4 Å². The smallest absolute Gasteiger partial charge is 0.230 e. The second-order valence-corrected chi connectivity index (χ2v) is 8.29. The first-order valence-corrected chi connectivity index (χ1v) is 9.29. The Morgan fingerprint density at radius 3 is 2.23 bits per heavy atom. The Balaban J connectivity index is 2.07. The number of hydrogen-bond donors (Lipinski definition) is 0. The summed E-state index contributed by atoms with van der Waals surface area (Å²) >= 11 is 0. The summed E-state index contributed by atoms with van der Waals surface area (Å²) in [5, 5.41) is 0. The van der Waals surface area contributed by atoms with Crippen molar-refractivity contribution in [3.63, 3.8) is 0 Å². The monoisotopic (exact) mass is 345 g/mol. The van der Waals surface area contributed by atoms with E-state index in [4.69, 9.17) is 0 Å². The standard InChI is InChI=1S/C24H27NO/c1-17(18(2)24(3,4)5)23(26)25-16-21-12-7-6-10-19(21)14-15-20-11-8-9-13-22(20)25/h6-13,17-18H,16H2,1-5H3. The summed E-state index contributed by atoms with van der Waals surface area (Å²) in [5.74, 6) is 6.90. The second-order valence-electron chi connectivity index (χ2n) is 8.29. The van der Waals surface area contributed by atoms with Crippen molar-refractivity contribution >= 4 is 11.6 Å². The Labute approximate surface area is 157 Å². The van der Waals surface area contributed by atoms with Gasteiger partial charge >= 0.3 is 0 Å². The summed E-state index contributed by atoms with van der Waals surface area (Å²) in [4.78, 5) is 15.4. The molecule has 0 saturated heterocycles. The number of carbonyl (C=O) groups is 1. The molecule has 0 fully saturated rings. The fraction of sp³-hybridized carbons (Fsp3) is 0.375. The molecule has 2 heteroatoms. The second kappa shape index (κ2) is 7.00. The van der Waals surface area contributed by atoms with Gasteiger partial charge in [0.15, 0.2) is 0 Å². The molecule has 1 heterocycles. The highest BCUT2D eigenvalue weighted by Gasteiger charge is 2.33. The minimum Gasteiger partial charge on any atom is -0.306 e. The van der Waals surface area contributed by atoms with E-state index in [1.54, 1.807) is 0 Å². The maximum Gasteiger partial charge on any atom is 0.230 e. The van der Waals surface area contributed by atoms with Crippen LogP contribution < -0.4 is 4.90 Å². The van der Waals surface area contributed by atoms with E-state index in [1.807, 2.05) is 47.4 Å². The topological polar surface area (TPSA) is 20.3 Å². The molecule has 2 nitrogen and oxygen atoms in total. The van der Waals surface area contributed by atoms with Crippen LogP contribution in [-0.4, -0.2) is 5.91 Å². The molecule has 3 rings (SSSR count). The maximum atomic E-state index is 13.5. The summed E-state index contributed by atoms with van der Waals surface area (Å²) in [7, 11) is 0. The predicted octanol–water partition coefficient (Wildman–Crippen LogP) is 5.25. The van der Waals surface area contributed by atoms with Crippen LogP contribution in [0.1, 0.15) is 51.3 Å². The molecule has 1 amide bonds. The Kier molecular flexibility index (Phi) is 4.92. The molecule has 1 aliphatic rings. The molecule has 0 bridgehead atoms. The van der Waals surface area contributed by atoms with Crippen LogP contribution in [0.25, 0.3) is 0 Å². The van der Waals surface area contributed by atoms with Gasteiger partial charge < -0.3 is 4.90 Å². The minimum atomic E-state index is -0.0670. The van der Waals surface area contributed by atoms with Crippen LogP contribution in [0.4, 0.5) is 5.69 Å². The highest BCUT2D eigenvalue weighted by Crippen LogP contribution is 2.35. The Hall–Kier alpha value is -2.53. The van der Waals surface area contributed by atoms with Gasteiger partial charge in [-0.25, -0.2) is 0 Å². The van der Waals surface area contributed by atoms with E-state index in [0.29, 0.717) is 6.54 Å². The quantitative estimate of drug-likeness (QED) is 0.681. The molecule has 2 aromatic carbocycles. The molecule has 0 spiro atoms. The van der Waals surface area contributed by atoms with Gasteiger partial charge in [0, 0.05) is 17.0 Å². The van der Waals surface area contributed by atoms with Crippen molar-refractivity contribution < 1.29 is 4.79 Å². The molecule has 2 unspecified atom stereocenters. The molecule has 134 valence electrons. The third kappa shape index (κ3) is 3.53. The van der Waals surface area contributed by atoms with Crippen LogP contribution in [0.5, 0.6) is 0 Å². The zero-order chi connectivity index (χ0) is 18.9. The van der Waals surface area contributed by atoms with Gasteiger partial charge in [0.1, 0.15) is 0 Å². The van der Waals surface area contributed by atoms with E-state index in [1.165, 1.54) is 0 Å². The van der Waals surface area contributed by atoms with Gasteiger partial charge in [0.25, 0.3) is 0 Å². The number of nitrogens with zero attached hydrogens (tertiary/aromatic N) is 1. The van der Waals surface area contributed by atoms with Gasteiger partial charge in [-0.2, -0.15) is 0 Å². The number of para-hydroxylation sites is 1. The van der Waals surface area contributed by atoms with E-state index >= 15 is 0 Å². The van der Waals surface area contributed by atoms with Gasteiger partial charge in [-0.3, -0.25) is 4.79 Å². The lowest BCUT2D eigenvalue weighted by Crippen LogP contribution is -2.40. The van der Waals surface area contributed by atoms with Crippen LogP contribution >= 0.6 is 0 Å². The average Bonchev–Trinajstić information content (AvgIpc) is 2.61. The summed E-state index contributed by atoms with van der Waals surface area (Å²) in [6, 6.07) is 16.1. The van der Waals surface area contributed by atoms with Crippen molar-refractivity contribution in [3.05, 3.63) is 65.2 Å². The molecule has 0 saturated carbocycles. The van der Waals surface area contributed by atoms with E-state index < -0.39 is 0 Å². The van der Waals surface area contributed by atoms with Gasteiger partial charge in [-0.1, -0.05) is 76.8 Å². The van der Waals surface area contributed by atoms with Crippen LogP contribution in [0.15, 0.2) is 48.5 Å². The van der Waals surface area contributed by atoms with Gasteiger partial charge in [0.05, 0.1) is 12.2 Å². The molecule has 26 heavy (non-hydrogen) atoms. The predicted molar refractivity (Wildman–Crippen MR) is 108 cm³/mol. The summed E-state index contributed by atoms with van der Waals surface area (Å²) in [6.45, 7) is 11.4. The van der Waals surface area contributed by atoms with Crippen LogP contribution in [0.3, 0.4) is 0 Å². The molecular weight excluding hydrogens is 318 g/mol. The number of hydrogen-bond acceptors (Lipinski definition) is 1. The Bertz CT molecular complexity index is 879. The lowest BCUT2D eigenvalue weighted by molar-refractivity contribution is -0.124. The molecule has 2 atom stereocenters. The SMILES string of the molecule is CC(C(=O)N1Cc2ccccc2C#Cc2ccccc21)C(C)C(C)(C)C. The van der Waals surface area contributed by atoms with Gasteiger partial charge in [-0.05, 0) is 35.1 Å². The number of amides is 1. The number of fused-ring (bicyclic) bond motifs is 2. The number of carbonyl (C=O) groups excluding carboxylic acids is 1. The molecule has 0 aromatic heterocycles. The summed E-state index contributed by atoms with van der Waals surface area (Å²) < 4.78 is 0. The van der Waals surface area contributed by atoms with Crippen molar-refractivity contribution in [1.29, 1.82) is 0 Å². The molecule has 0 aliphatic carbocycles. The lowest BCUT2D eigenvalue weighted by atomic mass is 9.74. The van der Waals surface area contributed by atoms with E-state index in [9.17, 15) is 4.79 Å². The lowest BCUT2D eigenvalue weighted by Gasteiger charge is -2.35. The fourth-order valence-electron chi connectivity index (χ4n) is 3.39. The van der Waals surface area contributed by atoms with Crippen molar-refractivity contribution in [2.24, 2.45) is 17.3 Å². The first-order valence-electron chi connectivity index (χ1n) is 9.29. The van der Waals surface area contributed by atoms with Crippen LogP contribution in [0.2, 0.25) is 0 Å². The highest BCUT2D eigenvalue weighted by atomic mass is 16.2. The average molecular weight is 345 g/mol. The summed E-state index contributed by atoms with van der Waals surface area (Å²) in [6.07, 6.45) is 0. The van der Waals surface area contributed by atoms with Gasteiger partial charge in [-0.15, -0.1) is 0 Å². The van der Waals surface area contributed by atoms with Crippen molar-refractivity contribution in [2.75, 3.05) is 4.90 Å². The number of benzene rings is 2. The molecule has 0 N–H and O–H groups in total. The van der Waals surface area contributed by atoms with E-state index in [-0.39, 0.29) is 23.2 Å². The van der Waals surface area contributed by atoms with Gasteiger partial charge in [0.2, 0.25) is 5.91 Å². The first-order chi connectivity index (χ1) is 12.3. The Morgan fingerprint density at radius 1 is 0.962 bits per heavy atom. The molecule has 0 radical (unpaired) electrons. The zero-order valence-corrected chi connectivity index (χ0v) is 16.3. The summed E-state index contributed by atoms with van der Waals surface area (Å²) in [5.41, 5.74) is 3.99. The van der Waals surface area contributed by atoms with Crippen LogP contribution in [0, 0.1) is 29.1 Å². The normalized spacial score (nSPS) is 15.5. The first kappa shape index (κ1) is 18.3. The molecule has 2 aromatic rings. The third-order valence-electron chi connectivity index (χ3n) is 5.64. The highest BCUT2D eigenvalue weighted by molar-refractivity contribution is 5.96. The fourth-order valence-corrected chi connectivity index (χ4v) is 3.39. The Morgan fingerprint density at radius 2 is 1.54 bits per heavy atom. The molecular formula is C24H27NO. The third-order valence-corrected chi connectivity index (χ3v) is 5.64. The van der Waals surface area contributed by atoms with Crippen molar-refractivity contribution in [2.45, 2.75) is 41.2 Å².